The lowest BCUT2D eigenvalue weighted by molar-refractivity contribution is 0.311. The van der Waals surface area contributed by atoms with Gasteiger partial charge in [-0.15, -0.1) is 0 Å². The third-order valence-corrected chi connectivity index (χ3v) is 4.28. The Kier molecular flexibility index (Phi) is 3.92. The Labute approximate surface area is 112 Å². The number of rotatable bonds is 2. The Hall–Kier alpha value is -0.770. The van der Waals surface area contributed by atoms with Gasteiger partial charge in [0, 0.05) is 19.3 Å². The van der Waals surface area contributed by atoms with Crippen molar-refractivity contribution in [3.63, 3.8) is 0 Å². The van der Waals surface area contributed by atoms with Gasteiger partial charge in [-0.25, -0.2) is 0 Å². The third kappa shape index (κ3) is 2.73. The van der Waals surface area contributed by atoms with E-state index in [4.69, 9.17) is 5.73 Å². The van der Waals surface area contributed by atoms with Gasteiger partial charge in [-0.2, -0.15) is 0 Å². The SMILES string of the molecule is CC(C)C1CCN(c2c(N)cncc2Br)CC1. The van der Waals surface area contributed by atoms with E-state index in [2.05, 4.69) is 39.7 Å². The van der Waals surface area contributed by atoms with E-state index in [1.807, 2.05) is 6.20 Å². The molecule has 0 atom stereocenters. The number of hydrogen-bond donors (Lipinski definition) is 1. The molecular weight excluding hydrogens is 278 g/mol. The highest BCUT2D eigenvalue weighted by Gasteiger charge is 2.23. The van der Waals surface area contributed by atoms with E-state index in [1.165, 1.54) is 12.8 Å². The second-order valence-corrected chi connectivity index (χ2v) is 5.98. The van der Waals surface area contributed by atoms with Crippen molar-refractivity contribution in [2.75, 3.05) is 23.7 Å². The van der Waals surface area contributed by atoms with Gasteiger partial charge in [0.2, 0.25) is 0 Å². The van der Waals surface area contributed by atoms with Gasteiger partial charge in [0.25, 0.3) is 0 Å². The van der Waals surface area contributed by atoms with Crippen LogP contribution in [0.4, 0.5) is 11.4 Å². The minimum absolute atomic E-state index is 0.766. The molecule has 1 aliphatic rings. The molecule has 17 heavy (non-hydrogen) atoms. The zero-order valence-corrected chi connectivity index (χ0v) is 12.1. The van der Waals surface area contributed by atoms with E-state index in [0.717, 1.165) is 40.8 Å². The van der Waals surface area contributed by atoms with Crippen LogP contribution in [0.15, 0.2) is 16.9 Å². The molecule has 0 amide bonds. The lowest BCUT2D eigenvalue weighted by atomic mass is 9.86. The number of aromatic nitrogens is 1. The number of hydrogen-bond acceptors (Lipinski definition) is 3. The molecule has 2 heterocycles. The molecule has 2 N–H and O–H groups in total. The van der Waals surface area contributed by atoms with Crippen molar-refractivity contribution >= 4 is 27.3 Å². The van der Waals surface area contributed by atoms with E-state index < -0.39 is 0 Å². The van der Waals surface area contributed by atoms with Gasteiger partial charge in [-0.3, -0.25) is 4.98 Å². The first-order valence-corrected chi connectivity index (χ1v) is 7.02. The summed E-state index contributed by atoms with van der Waals surface area (Å²) in [6, 6.07) is 0. The Balaban J connectivity index is 2.11. The highest BCUT2D eigenvalue weighted by molar-refractivity contribution is 9.10. The molecule has 1 aromatic rings. The molecule has 0 unspecified atom stereocenters. The maximum Gasteiger partial charge on any atom is 0.0776 e. The van der Waals surface area contributed by atoms with Gasteiger partial charge < -0.3 is 10.6 Å². The molecule has 0 aromatic carbocycles. The summed E-state index contributed by atoms with van der Waals surface area (Å²) in [4.78, 5) is 6.46. The van der Waals surface area contributed by atoms with Crippen LogP contribution < -0.4 is 10.6 Å². The summed E-state index contributed by atoms with van der Waals surface area (Å²) in [7, 11) is 0. The van der Waals surface area contributed by atoms with Gasteiger partial charge >= 0.3 is 0 Å². The summed E-state index contributed by atoms with van der Waals surface area (Å²) in [6.07, 6.45) is 6.06. The van der Waals surface area contributed by atoms with E-state index in [-0.39, 0.29) is 0 Å². The Morgan fingerprint density at radius 3 is 2.53 bits per heavy atom. The molecule has 3 nitrogen and oxygen atoms in total. The molecule has 2 rings (SSSR count). The predicted molar refractivity (Wildman–Crippen MR) is 76.1 cm³/mol. The maximum absolute atomic E-state index is 6.01. The summed E-state index contributed by atoms with van der Waals surface area (Å²) < 4.78 is 1.00. The van der Waals surface area contributed by atoms with E-state index in [1.54, 1.807) is 6.20 Å². The molecule has 1 aliphatic heterocycles. The second kappa shape index (κ2) is 5.25. The molecular formula is C13H20BrN3. The van der Waals surface area contributed by atoms with Crippen LogP contribution in [0.2, 0.25) is 0 Å². The van der Waals surface area contributed by atoms with Gasteiger partial charge in [0.1, 0.15) is 0 Å². The van der Waals surface area contributed by atoms with Crippen molar-refractivity contribution in [1.82, 2.24) is 4.98 Å². The van der Waals surface area contributed by atoms with Crippen LogP contribution in [-0.4, -0.2) is 18.1 Å². The van der Waals surface area contributed by atoms with Gasteiger partial charge in [-0.05, 0) is 40.6 Å². The first kappa shape index (κ1) is 12.7. The number of anilines is 2. The van der Waals surface area contributed by atoms with E-state index in [9.17, 15) is 0 Å². The van der Waals surface area contributed by atoms with Crippen LogP contribution in [0.3, 0.4) is 0 Å². The zero-order valence-electron chi connectivity index (χ0n) is 10.5. The highest BCUT2D eigenvalue weighted by Crippen LogP contribution is 2.35. The van der Waals surface area contributed by atoms with Crippen LogP contribution in [0.5, 0.6) is 0 Å². The highest BCUT2D eigenvalue weighted by atomic mass is 79.9. The predicted octanol–water partition coefficient (Wildman–Crippen LogP) is 3.30. The summed E-state index contributed by atoms with van der Waals surface area (Å²) in [5, 5.41) is 0. The molecule has 1 fully saturated rings. The van der Waals surface area contributed by atoms with Gasteiger partial charge in [0.15, 0.2) is 0 Å². The van der Waals surface area contributed by atoms with Crippen molar-refractivity contribution in [2.45, 2.75) is 26.7 Å². The Bertz CT molecular complexity index is 364. The average molecular weight is 298 g/mol. The first-order valence-electron chi connectivity index (χ1n) is 6.23. The van der Waals surface area contributed by atoms with Gasteiger partial charge in [0.05, 0.1) is 22.0 Å². The first-order chi connectivity index (χ1) is 8.09. The van der Waals surface area contributed by atoms with Crippen LogP contribution in [0.1, 0.15) is 26.7 Å². The van der Waals surface area contributed by atoms with Crippen molar-refractivity contribution in [3.05, 3.63) is 16.9 Å². The zero-order chi connectivity index (χ0) is 12.4. The van der Waals surface area contributed by atoms with Crippen LogP contribution in [-0.2, 0) is 0 Å². The molecule has 1 saturated heterocycles. The molecule has 0 bridgehead atoms. The van der Waals surface area contributed by atoms with Crippen LogP contribution >= 0.6 is 15.9 Å². The quantitative estimate of drug-likeness (QED) is 0.911. The fourth-order valence-electron chi connectivity index (χ4n) is 2.57. The molecule has 0 spiro atoms. The second-order valence-electron chi connectivity index (χ2n) is 5.13. The molecule has 1 aromatic heterocycles. The normalized spacial score (nSPS) is 17.8. The van der Waals surface area contributed by atoms with Crippen LogP contribution in [0, 0.1) is 11.8 Å². The Morgan fingerprint density at radius 1 is 1.35 bits per heavy atom. The fourth-order valence-corrected chi connectivity index (χ4v) is 3.16. The lowest BCUT2D eigenvalue weighted by Gasteiger charge is -2.36. The van der Waals surface area contributed by atoms with E-state index >= 15 is 0 Å². The molecule has 0 radical (unpaired) electrons. The summed E-state index contributed by atoms with van der Waals surface area (Å²) >= 11 is 3.54. The number of nitrogens with zero attached hydrogens (tertiary/aromatic N) is 2. The van der Waals surface area contributed by atoms with Crippen molar-refractivity contribution in [3.8, 4) is 0 Å². The molecule has 0 aliphatic carbocycles. The lowest BCUT2D eigenvalue weighted by Crippen LogP contribution is -2.35. The summed E-state index contributed by atoms with van der Waals surface area (Å²) in [6.45, 7) is 6.82. The standard InChI is InChI=1S/C13H20BrN3/c1-9(2)10-3-5-17(6-4-10)13-11(14)7-16-8-12(13)15/h7-10H,3-6,15H2,1-2H3. The molecule has 4 heteroatoms. The monoisotopic (exact) mass is 297 g/mol. The Morgan fingerprint density at radius 2 is 2.00 bits per heavy atom. The van der Waals surface area contributed by atoms with Gasteiger partial charge in [-0.1, -0.05) is 13.8 Å². The largest absolute Gasteiger partial charge is 0.396 e. The summed E-state index contributed by atoms with van der Waals surface area (Å²) in [5.41, 5.74) is 7.89. The van der Waals surface area contributed by atoms with Crippen molar-refractivity contribution < 1.29 is 0 Å². The number of nitrogen functional groups attached to an aromatic ring is 1. The third-order valence-electron chi connectivity index (χ3n) is 3.70. The molecule has 94 valence electrons. The summed E-state index contributed by atoms with van der Waals surface area (Å²) in [5.74, 6) is 1.64. The number of nitrogens with two attached hydrogens (primary N) is 1. The average Bonchev–Trinajstić information content (AvgIpc) is 2.29. The maximum atomic E-state index is 6.01. The topological polar surface area (TPSA) is 42.1 Å². The smallest absolute Gasteiger partial charge is 0.0776 e. The minimum atomic E-state index is 0.766. The van der Waals surface area contributed by atoms with Crippen molar-refractivity contribution in [1.29, 1.82) is 0 Å². The number of pyridine rings is 1. The van der Waals surface area contributed by atoms with Crippen molar-refractivity contribution in [2.24, 2.45) is 11.8 Å². The number of halogens is 1. The molecule has 0 saturated carbocycles. The van der Waals surface area contributed by atoms with E-state index in [0.29, 0.717) is 0 Å². The number of piperidine rings is 1. The fraction of sp³-hybridized carbons (Fsp3) is 0.615. The minimum Gasteiger partial charge on any atom is -0.396 e. The van der Waals surface area contributed by atoms with Crippen LogP contribution in [0.25, 0.3) is 0 Å².